The van der Waals surface area contributed by atoms with E-state index in [0.717, 1.165) is 9.87 Å². The van der Waals surface area contributed by atoms with Crippen molar-refractivity contribution in [3.05, 3.63) is 89.4 Å². The molecule has 0 aliphatic rings. The lowest BCUT2D eigenvalue weighted by atomic mass is 10.1. The maximum atomic E-state index is 14.1. The van der Waals surface area contributed by atoms with Gasteiger partial charge in [-0.15, -0.1) is 0 Å². The molecule has 0 heterocycles. The van der Waals surface area contributed by atoms with Gasteiger partial charge in [-0.25, -0.2) is 8.42 Å². The average Bonchev–Trinajstić information content (AvgIpc) is 2.92. The Balaban J connectivity index is 2.06. The predicted octanol–water partition coefficient (Wildman–Crippen LogP) is 5.66. The molecule has 1 N–H and O–H groups in total. The van der Waals surface area contributed by atoms with Gasteiger partial charge in [-0.05, 0) is 88.2 Å². The van der Waals surface area contributed by atoms with Crippen LogP contribution in [-0.4, -0.2) is 49.9 Å². The molecule has 1 atom stereocenters. The topological polar surface area (TPSA) is 96.0 Å². The number of carbonyl (C=O) groups is 2. The van der Waals surface area contributed by atoms with E-state index >= 15 is 0 Å². The zero-order chi connectivity index (χ0) is 30.2. The molecule has 10 heteroatoms. The second-order valence-corrected chi connectivity index (χ2v) is 12.9. The van der Waals surface area contributed by atoms with Gasteiger partial charge >= 0.3 is 0 Å². The van der Waals surface area contributed by atoms with Crippen LogP contribution in [0.5, 0.6) is 5.75 Å². The van der Waals surface area contributed by atoms with Gasteiger partial charge < -0.3 is 15.0 Å². The Morgan fingerprint density at radius 2 is 1.54 bits per heavy atom. The number of nitrogens with one attached hydrogen (secondary N) is 1. The number of ether oxygens (including phenoxy) is 1. The van der Waals surface area contributed by atoms with E-state index in [4.69, 9.17) is 16.3 Å². The van der Waals surface area contributed by atoms with E-state index in [-0.39, 0.29) is 23.0 Å². The second kappa shape index (κ2) is 13.9. The summed E-state index contributed by atoms with van der Waals surface area (Å²) in [6.07, 6.45) is 0.341. The first-order valence-corrected chi connectivity index (χ1v) is 15.3. The van der Waals surface area contributed by atoms with Crippen molar-refractivity contribution >= 4 is 39.1 Å². The van der Waals surface area contributed by atoms with Gasteiger partial charge in [0, 0.05) is 17.1 Å². The molecule has 0 spiro atoms. The summed E-state index contributed by atoms with van der Waals surface area (Å²) in [6, 6.07) is 20.7. The van der Waals surface area contributed by atoms with Crippen LogP contribution in [0.25, 0.3) is 0 Å². The smallest absolute Gasteiger partial charge is 0.264 e. The Labute approximate surface area is 248 Å². The first kappa shape index (κ1) is 32.0. The molecule has 41 heavy (non-hydrogen) atoms. The third-order valence-electron chi connectivity index (χ3n) is 6.20. The second-order valence-electron chi connectivity index (χ2n) is 10.6. The number of halogens is 1. The van der Waals surface area contributed by atoms with E-state index in [9.17, 15) is 18.0 Å². The van der Waals surface area contributed by atoms with Gasteiger partial charge in [0.1, 0.15) is 18.3 Å². The molecule has 3 rings (SSSR count). The number of rotatable bonds is 12. The molecule has 0 saturated heterocycles. The third-order valence-corrected chi connectivity index (χ3v) is 8.24. The van der Waals surface area contributed by atoms with Crippen LogP contribution >= 0.6 is 11.6 Å². The third kappa shape index (κ3) is 8.71. The van der Waals surface area contributed by atoms with Gasteiger partial charge in [0.2, 0.25) is 11.8 Å². The highest BCUT2D eigenvalue weighted by molar-refractivity contribution is 7.92. The minimum Gasteiger partial charge on any atom is -0.494 e. The molecule has 1 unspecified atom stereocenters. The number of carbonyl (C=O) groups excluding carboxylic acids is 2. The van der Waals surface area contributed by atoms with Crippen LogP contribution in [-0.2, 0) is 26.2 Å². The average molecular weight is 600 g/mol. The van der Waals surface area contributed by atoms with Crippen LogP contribution in [0.1, 0.15) is 46.6 Å². The number of sulfonamides is 1. The number of hydrogen-bond acceptors (Lipinski definition) is 5. The van der Waals surface area contributed by atoms with Crippen LogP contribution in [0.3, 0.4) is 0 Å². The quantitative estimate of drug-likeness (QED) is 0.290. The minimum atomic E-state index is -4.19. The summed E-state index contributed by atoms with van der Waals surface area (Å²) in [5, 5.41) is 3.35. The molecule has 0 fully saturated rings. The van der Waals surface area contributed by atoms with Gasteiger partial charge in [-0.1, -0.05) is 48.9 Å². The van der Waals surface area contributed by atoms with Gasteiger partial charge in [0.25, 0.3) is 10.0 Å². The number of nitrogens with zero attached hydrogens (tertiary/aromatic N) is 2. The van der Waals surface area contributed by atoms with Crippen LogP contribution < -0.4 is 14.4 Å². The molecule has 0 bridgehead atoms. The summed E-state index contributed by atoms with van der Waals surface area (Å²) in [6.45, 7) is 9.35. The summed E-state index contributed by atoms with van der Waals surface area (Å²) < 4.78 is 34.4. The molecule has 220 valence electrons. The molecular formula is C31H38ClN3O5S. The Bertz CT molecular complexity index is 1410. The summed E-state index contributed by atoms with van der Waals surface area (Å²) in [7, 11) is -4.19. The normalized spacial score (nSPS) is 12.3. The highest BCUT2D eigenvalue weighted by Crippen LogP contribution is 2.27. The van der Waals surface area contributed by atoms with E-state index in [1.807, 2.05) is 65.0 Å². The summed E-state index contributed by atoms with van der Waals surface area (Å²) in [5.41, 5.74) is 0.581. The van der Waals surface area contributed by atoms with Gasteiger partial charge in [-0.2, -0.15) is 0 Å². The minimum absolute atomic E-state index is 0.0179. The number of amides is 2. The first-order valence-electron chi connectivity index (χ1n) is 13.5. The molecule has 0 aliphatic carbocycles. The van der Waals surface area contributed by atoms with Crippen molar-refractivity contribution in [3.63, 3.8) is 0 Å². The largest absolute Gasteiger partial charge is 0.494 e. The lowest BCUT2D eigenvalue weighted by molar-refractivity contribution is -0.141. The predicted molar refractivity (Wildman–Crippen MR) is 163 cm³/mol. The molecule has 3 aromatic rings. The van der Waals surface area contributed by atoms with E-state index in [1.165, 1.54) is 29.2 Å². The van der Waals surface area contributed by atoms with Crippen molar-refractivity contribution in [2.45, 2.75) is 64.1 Å². The van der Waals surface area contributed by atoms with Crippen molar-refractivity contribution in [2.75, 3.05) is 17.5 Å². The molecule has 0 radical (unpaired) electrons. The fourth-order valence-electron chi connectivity index (χ4n) is 4.29. The van der Waals surface area contributed by atoms with Crippen molar-refractivity contribution in [2.24, 2.45) is 0 Å². The van der Waals surface area contributed by atoms with E-state index in [0.29, 0.717) is 23.8 Å². The molecule has 0 saturated carbocycles. The molecular weight excluding hydrogens is 562 g/mol. The summed E-state index contributed by atoms with van der Waals surface area (Å²) in [5.74, 6) is -0.254. The van der Waals surface area contributed by atoms with Crippen molar-refractivity contribution in [3.8, 4) is 5.75 Å². The van der Waals surface area contributed by atoms with Crippen molar-refractivity contribution in [1.29, 1.82) is 0 Å². The molecule has 0 aliphatic heterocycles. The molecule has 3 aromatic carbocycles. The van der Waals surface area contributed by atoms with Gasteiger partial charge in [0.05, 0.1) is 17.2 Å². The SMILES string of the molecule is CCOc1ccc(N(CC(=O)N(Cc2ccccc2)C(CC)C(=O)NC(C)(C)C)S(=O)(=O)c2ccc(Cl)cc2)cc1. The lowest BCUT2D eigenvalue weighted by Gasteiger charge is -2.34. The standard InChI is InChI=1S/C31H38ClN3O5S/c1-6-28(30(37)33-31(3,4)5)34(21-23-11-9-8-10-12-23)29(36)22-35(25-15-17-26(18-16-25)40-7-2)41(38,39)27-19-13-24(32)14-20-27/h8-20,28H,6-7,21-22H2,1-5H3,(H,33,37). The van der Waals surface area contributed by atoms with Crippen LogP contribution in [0.15, 0.2) is 83.8 Å². The Kier molecular flexibility index (Phi) is 10.8. The van der Waals surface area contributed by atoms with Crippen LogP contribution in [0, 0.1) is 0 Å². The van der Waals surface area contributed by atoms with Crippen LogP contribution in [0.4, 0.5) is 5.69 Å². The van der Waals surface area contributed by atoms with E-state index in [2.05, 4.69) is 5.32 Å². The zero-order valence-electron chi connectivity index (χ0n) is 24.1. The van der Waals surface area contributed by atoms with Gasteiger partial charge in [0.15, 0.2) is 0 Å². The fourth-order valence-corrected chi connectivity index (χ4v) is 5.83. The summed E-state index contributed by atoms with van der Waals surface area (Å²) in [4.78, 5) is 28.9. The van der Waals surface area contributed by atoms with Crippen molar-refractivity contribution < 1.29 is 22.7 Å². The summed E-state index contributed by atoms with van der Waals surface area (Å²) >= 11 is 6.01. The highest BCUT2D eigenvalue weighted by atomic mass is 35.5. The van der Waals surface area contributed by atoms with E-state index < -0.39 is 34.1 Å². The molecule has 0 aromatic heterocycles. The van der Waals surface area contributed by atoms with Gasteiger partial charge in [-0.3, -0.25) is 13.9 Å². The zero-order valence-corrected chi connectivity index (χ0v) is 25.7. The monoisotopic (exact) mass is 599 g/mol. The fraction of sp³-hybridized carbons (Fsp3) is 0.355. The highest BCUT2D eigenvalue weighted by Gasteiger charge is 2.34. The maximum Gasteiger partial charge on any atom is 0.264 e. The van der Waals surface area contributed by atoms with E-state index in [1.54, 1.807) is 24.3 Å². The first-order chi connectivity index (χ1) is 19.4. The van der Waals surface area contributed by atoms with Crippen molar-refractivity contribution in [1.82, 2.24) is 10.2 Å². The number of benzene rings is 3. The van der Waals surface area contributed by atoms with Crippen LogP contribution in [0.2, 0.25) is 5.02 Å². The molecule has 8 nitrogen and oxygen atoms in total. The lowest BCUT2D eigenvalue weighted by Crippen LogP contribution is -2.55. The molecule has 2 amide bonds. The number of hydrogen-bond donors (Lipinski definition) is 1. The Hall–Kier alpha value is -3.56. The Morgan fingerprint density at radius 3 is 2.07 bits per heavy atom. The maximum absolute atomic E-state index is 14.1. The Morgan fingerprint density at radius 1 is 0.927 bits per heavy atom. The number of anilines is 1.